The summed E-state index contributed by atoms with van der Waals surface area (Å²) in [5, 5.41) is 20.6. The van der Waals surface area contributed by atoms with E-state index in [9.17, 15) is 9.59 Å². The summed E-state index contributed by atoms with van der Waals surface area (Å²) < 4.78 is 27.4. The summed E-state index contributed by atoms with van der Waals surface area (Å²) in [6.45, 7) is 3.69. The average molecular weight is 496 g/mol. The molecule has 12 heteroatoms. The van der Waals surface area contributed by atoms with Crippen LogP contribution in [0.2, 0.25) is 0 Å². The van der Waals surface area contributed by atoms with Crippen LogP contribution in [0, 0.1) is 11.3 Å². The maximum Gasteiger partial charge on any atom is 0.305 e. The number of carbonyl (C=O) groups excluding carboxylic acids is 1. The van der Waals surface area contributed by atoms with Gasteiger partial charge in [0.15, 0.2) is 5.01 Å². The number of nitrogens with zero attached hydrogens (tertiary/aromatic N) is 2. The minimum atomic E-state index is -0.884. The summed E-state index contributed by atoms with van der Waals surface area (Å²) in [4.78, 5) is 26.5. The van der Waals surface area contributed by atoms with E-state index in [1.54, 1.807) is 18.2 Å². The molecule has 2 aromatic rings. The van der Waals surface area contributed by atoms with Crippen LogP contribution >= 0.6 is 11.3 Å². The molecular formula is C22H29N3O8S. The smallest absolute Gasteiger partial charge is 0.305 e. The third-order valence-corrected chi connectivity index (χ3v) is 5.11. The molecule has 0 fully saturated rings. The quantitative estimate of drug-likeness (QED) is 0.277. The van der Waals surface area contributed by atoms with Gasteiger partial charge in [0.05, 0.1) is 89.1 Å². The molecule has 0 bridgehead atoms. The molecule has 186 valence electrons. The fourth-order valence-corrected chi connectivity index (χ4v) is 3.38. The molecule has 1 amide bonds. The van der Waals surface area contributed by atoms with E-state index in [1.807, 2.05) is 6.07 Å². The van der Waals surface area contributed by atoms with Crippen LogP contribution in [0.4, 0.5) is 5.69 Å². The lowest BCUT2D eigenvalue weighted by Gasteiger charge is -2.08. The Morgan fingerprint density at radius 1 is 0.882 bits per heavy atom. The number of ether oxygens (including phenoxy) is 5. The lowest BCUT2D eigenvalue weighted by Crippen LogP contribution is -2.16. The van der Waals surface area contributed by atoms with Gasteiger partial charge in [-0.05, 0) is 18.2 Å². The Morgan fingerprint density at radius 3 is 1.94 bits per heavy atom. The third-order valence-electron chi connectivity index (χ3n) is 4.19. The highest BCUT2D eigenvalue weighted by Gasteiger charge is 2.07. The van der Waals surface area contributed by atoms with Gasteiger partial charge in [-0.1, -0.05) is 0 Å². The zero-order valence-corrected chi connectivity index (χ0v) is 19.6. The van der Waals surface area contributed by atoms with Gasteiger partial charge in [-0.3, -0.25) is 9.59 Å². The Morgan fingerprint density at radius 2 is 1.41 bits per heavy atom. The summed E-state index contributed by atoms with van der Waals surface area (Å²) in [5.41, 5.74) is 1.39. The van der Waals surface area contributed by atoms with Gasteiger partial charge in [-0.15, -0.1) is 11.3 Å². The van der Waals surface area contributed by atoms with E-state index in [0.717, 1.165) is 10.2 Å². The molecule has 1 heterocycles. The van der Waals surface area contributed by atoms with E-state index in [2.05, 4.69) is 10.3 Å². The molecule has 0 saturated heterocycles. The highest BCUT2D eigenvalue weighted by Crippen LogP contribution is 2.24. The van der Waals surface area contributed by atoms with E-state index in [-0.39, 0.29) is 32.0 Å². The van der Waals surface area contributed by atoms with Crippen molar-refractivity contribution >= 4 is 39.1 Å². The molecule has 1 aromatic heterocycles. The lowest BCUT2D eigenvalue weighted by atomic mass is 10.3. The van der Waals surface area contributed by atoms with Crippen molar-refractivity contribution in [1.82, 2.24) is 4.98 Å². The van der Waals surface area contributed by atoms with Crippen molar-refractivity contribution in [1.29, 1.82) is 5.26 Å². The molecule has 1 aromatic carbocycles. The third kappa shape index (κ3) is 12.0. The number of nitrogens with one attached hydrogen (secondary N) is 1. The number of thiazole rings is 1. The first-order valence-electron chi connectivity index (χ1n) is 10.8. The van der Waals surface area contributed by atoms with Gasteiger partial charge < -0.3 is 34.1 Å². The van der Waals surface area contributed by atoms with Gasteiger partial charge in [0.25, 0.3) is 0 Å². The normalized spacial score (nSPS) is 10.9. The highest BCUT2D eigenvalue weighted by atomic mass is 32.1. The number of rotatable bonds is 19. The minimum absolute atomic E-state index is 0.0127. The van der Waals surface area contributed by atoms with Crippen LogP contribution in [0.3, 0.4) is 0 Å². The van der Waals surface area contributed by atoms with Gasteiger partial charge in [-0.2, -0.15) is 5.26 Å². The zero-order chi connectivity index (χ0) is 24.4. The number of anilines is 1. The van der Waals surface area contributed by atoms with Crippen LogP contribution in [0.25, 0.3) is 10.2 Å². The standard InChI is InChI=1S/C22H29N3O8S/c23-16-21-25-18-2-1-17(15-19(18)34-21)24-20(26)3-5-29-7-9-31-11-13-33-14-12-32-10-8-30-6-4-22(27)28/h1-2,15H,3-14H2,(H,24,26)(H,27,28). The molecule has 0 unspecified atom stereocenters. The molecule has 0 radical (unpaired) electrons. The predicted octanol–water partition coefficient (Wildman–Crippen LogP) is 2.05. The number of aliphatic carboxylic acids is 1. The summed E-state index contributed by atoms with van der Waals surface area (Å²) in [6, 6.07) is 7.34. The number of hydrogen-bond acceptors (Lipinski definition) is 10. The molecule has 0 aliphatic carbocycles. The van der Waals surface area contributed by atoms with Gasteiger partial charge in [0, 0.05) is 5.69 Å². The van der Waals surface area contributed by atoms with E-state index < -0.39 is 5.97 Å². The highest BCUT2D eigenvalue weighted by molar-refractivity contribution is 7.19. The number of carbonyl (C=O) groups is 2. The lowest BCUT2D eigenvalue weighted by molar-refractivity contribution is -0.138. The van der Waals surface area contributed by atoms with Crippen molar-refractivity contribution in [2.45, 2.75) is 12.8 Å². The molecule has 0 spiro atoms. The second-order valence-electron chi connectivity index (χ2n) is 6.82. The summed E-state index contributed by atoms with van der Waals surface area (Å²) in [6.07, 6.45) is 0.207. The van der Waals surface area contributed by atoms with Gasteiger partial charge in [-0.25, -0.2) is 4.98 Å². The molecule has 34 heavy (non-hydrogen) atoms. The number of aromatic nitrogens is 1. The molecule has 2 rings (SSSR count). The molecule has 11 nitrogen and oxygen atoms in total. The number of carboxylic acids is 1. The van der Waals surface area contributed by atoms with Gasteiger partial charge >= 0.3 is 5.97 Å². The van der Waals surface area contributed by atoms with E-state index in [4.69, 9.17) is 34.1 Å². The van der Waals surface area contributed by atoms with Crippen molar-refractivity contribution in [3.8, 4) is 6.07 Å². The Hall–Kier alpha value is -2.66. The average Bonchev–Trinajstić information content (AvgIpc) is 3.23. The van der Waals surface area contributed by atoms with Crippen molar-refractivity contribution in [3.63, 3.8) is 0 Å². The number of benzene rings is 1. The number of nitriles is 1. The summed E-state index contributed by atoms with van der Waals surface area (Å²) in [7, 11) is 0. The summed E-state index contributed by atoms with van der Waals surface area (Å²) >= 11 is 1.28. The molecule has 0 aliphatic rings. The molecule has 0 saturated carbocycles. The van der Waals surface area contributed by atoms with Gasteiger partial charge in [0.2, 0.25) is 5.91 Å². The van der Waals surface area contributed by atoms with Crippen LogP contribution in [0.5, 0.6) is 0 Å². The fraction of sp³-hybridized carbons (Fsp3) is 0.545. The molecule has 0 aliphatic heterocycles. The molecule has 0 atom stereocenters. The van der Waals surface area contributed by atoms with Crippen LogP contribution in [-0.2, 0) is 33.3 Å². The minimum Gasteiger partial charge on any atom is -0.481 e. The predicted molar refractivity (Wildman–Crippen MR) is 124 cm³/mol. The fourth-order valence-electron chi connectivity index (χ4n) is 2.58. The Bertz CT molecular complexity index is 931. The van der Waals surface area contributed by atoms with Crippen molar-refractivity contribution in [3.05, 3.63) is 23.2 Å². The first-order chi connectivity index (χ1) is 16.6. The maximum atomic E-state index is 12.0. The van der Waals surface area contributed by atoms with Crippen molar-refractivity contribution < 1.29 is 38.4 Å². The van der Waals surface area contributed by atoms with Crippen LogP contribution in [0.15, 0.2) is 18.2 Å². The van der Waals surface area contributed by atoms with E-state index >= 15 is 0 Å². The maximum absolute atomic E-state index is 12.0. The monoisotopic (exact) mass is 495 g/mol. The Balaban J connectivity index is 1.36. The van der Waals surface area contributed by atoms with E-state index in [1.165, 1.54) is 11.3 Å². The molecular weight excluding hydrogens is 466 g/mol. The summed E-state index contributed by atoms with van der Waals surface area (Å²) in [5.74, 6) is -1.04. The van der Waals surface area contributed by atoms with Crippen molar-refractivity contribution in [2.24, 2.45) is 0 Å². The van der Waals surface area contributed by atoms with Crippen molar-refractivity contribution in [2.75, 3.05) is 71.4 Å². The Kier molecular flexibility index (Phi) is 13.7. The first-order valence-corrected chi connectivity index (χ1v) is 11.6. The molecule has 2 N–H and O–H groups in total. The van der Waals surface area contributed by atoms with Crippen LogP contribution in [0.1, 0.15) is 17.8 Å². The first kappa shape index (κ1) is 27.6. The zero-order valence-electron chi connectivity index (χ0n) is 18.8. The van der Waals surface area contributed by atoms with E-state index in [0.29, 0.717) is 63.6 Å². The SMILES string of the molecule is N#Cc1nc2ccc(NC(=O)CCOCCOCCOCCOCCOCCC(=O)O)cc2s1. The number of carboxylic acid groups (broad SMARTS) is 1. The second kappa shape index (κ2) is 16.9. The van der Waals surface area contributed by atoms with Crippen LogP contribution in [-0.4, -0.2) is 88.0 Å². The Labute approximate surface area is 201 Å². The van der Waals surface area contributed by atoms with Crippen LogP contribution < -0.4 is 5.32 Å². The second-order valence-corrected chi connectivity index (χ2v) is 7.85. The number of amides is 1. The largest absolute Gasteiger partial charge is 0.481 e. The topological polar surface area (TPSA) is 149 Å². The number of hydrogen-bond donors (Lipinski definition) is 2. The number of fused-ring (bicyclic) bond motifs is 1. The van der Waals surface area contributed by atoms with Gasteiger partial charge in [0.1, 0.15) is 6.07 Å².